The van der Waals surface area contributed by atoms with Gasteiger partial charge in [0.15, 0.2) is 0 Å². The molecule has 20 heavy (non-hydrogen) atoms. The molecule has 1 aliphatic rings. The maximum Gasteiger partial charge on any atom is 0.211 e. The predicted molar refractivity (Wildman–Crippen MR) is 81.4 cm³/mol. The largest absolute Gasteiger partial charge is 0.374 e. The van der Waals surface area contributed by atoms with Crippen LogP contribution in [0.5, 0.6) is 0 Å². The summed E-state index contributed by atoms with van der Waals surface area (Å²) in [5.74, 6) is 0. The molecule has 7 heteroatoms. The smallest absolute Gasteiger partial charge is 0.211 e. The lowest BCUT2D eigenvalue weighted by molar-refractivity contribution is -0.0251. The number of nitrogens with one attached hydrogen (secondary N) is 1. The summed E-state index contributed by atoms with van der Waals surface area (Å²) in [6.45, 7) is 10.7. The molecule has 0 bridgehead atoms. The van der Waals surface area contributed by atoms with Crippen molar-refractivity contribution in [1.29, 1.82) is 0 Å². The summed E-state index contributed by atoms with van der Waals surface area (Å²) in [7, 11) is -3.06. The third-order valence-electron chi connectivity index (χ3n) is 3.62. The van der Waals surface area contributed by atoms with Crippen molar-refractivity contribution in [3.8, 4) is 0 Å². The topological polar surface area (TPSA) is 61.9 Å². The number of ether oxygens (including phenoxy) is 1. The first-order valence-corrected chi connectivity index (χ1v) is 9.32. The second kappa shape index (κ2) is 8.94. The Hall–Kier alpha value is -0.210. The summed E-state index contributed by atoms with van der Waals surface area (Å²) in [6.07, 6.45) is 2.34. The minimum Gasteiger partial charge on any atom is -0.374 e. The van der Waals surface area contributed by atoms with Gasteiger partial charge in [0.25, 0.3) is 0 Å². The van der Waals surface area contributed by atoms with E-state index in [1.54, 1.807) is 0 Å². The van der Waals surface area contributed by atoms with Crippen LogP contribution in [0.15, 0.2) is 0 Å². The number of sulfonamides is 1. The molecule has 0 aromatic rings. The highest BCUT2D eigenvalue weighted by atomic mass is 32.2. The Morgan fingerprint density at radius 1 is 1.40 bits per heavy atom. The van der Waals surface area contributed by atoms with Crippen LogP contribution in [0.2, 0.25) is 0 Å². The molecule has 1 rings (SSSR count). The lowest BCUT2D eigenvalue weighted by Crippen LogP contribution is -2.46. The quantitative estimate of drug-likeness (QED) is 0.606. The zero-order valence-electron chi connectivity index (χ0n) is 13.0. The summed E-state index contributed by atoms with van der Waals surface area (Å²) in [5, 5.41) is 3.36. The second-order valence-corrected chi connectivity index (χ2v) is 7.18. The van der Waals surface area contributed by atoms with E-state index >= 15 is 0 Å². The number of morpholine rings is 1. The van der Waals surface area contributed by atoms with E-state index in [4.69, 9.17) is 4.74 Å². The SMILES string of the molecule is CCN1CCOC(CNCCCN(CC)S(C)(=O)=O)C1. The van der Waals surface area contributed by atoms with E-state index in [1.807, 2.05) is 6.92 Å². The van der Waals surface area contributed by atoms with Gasteiger partial charge in [-0.05, 0) is 19.5 Å². The molecule has 0 radical (unpaired) electrons. The Labute approximate surface area is 123 Å². The lowest BCUT2D eigenvalue weighted by atomic mass is 10.2. The van der Waals surface area contributed by atoms with Crippen molar-refractivity contribution in [2.45, 2.75) is 26.4 Å². The van der Waals surface area contributed by atoms with Crippen LogP contribution in [-0.4, -0.2) is 82.4 Å². The Kier molecular flexibility index (Phi) is 7.98. The third-order valence-corrected chi connectivity index (χ3v) is 5.00. The van der Waals surface area contributed by atoms with Crippen LogP contribution in [0.1, 0.15) is 20.3 Å². The number of hydrogen-bond acceptors (Lipinski definition) is 5. The second-order valence-electron chi connectivity index (χ2n) is 5.20. The number of hydrogen-bond donors (Lipinski definition) is 1. The van der Waals surface area contributed by atoms with Crippen molar-refractivity contribution in [3.05, 3.63) is 0 Å². The number of nitrogens with zero attached hydrogens (tertiary/aromatic N) is 2. The van der Waals surface area contributed by atoms with Crippen molar-refractivity contribution in [3.63, 3.8) is 0 Å². The van der Waals surface area contributed by atoms with Gasteiger partial charge in [0.05, 0.1) is 19.0 Å². The van der Waals surface area contributed by atoms with Crippen LogP contribution in [0.25, 0.3) is 0 Å². The van der Waals surface area contributed by atoms with Crippen molar-refractivity contribution >= 4 is 10.0 Å². The molecule has 1 N–H and O–H groups in total. The average Bonchev–Trinajstić information content (AvgIpc) is 2.41. The van der Waals surface area contributed by atoms with Gasteiger partial charge in [0, 0.05) is 32.7 Å². The minimum atomic E-state index is -3.06. The summed E-state index contributed by atoms with van der Waals surface area (Å²) >= 11 is 0. The lowest BCUT2D eigenvalue weighted by Gasteiger charge is -2.32. The van der Waals surface area contributed by atoms with Crippen molar-refractivity contribution in [2.24, 2.45) is 0 Å². The van der Waals surface area contributed by atoms with Crippen LogP contribution >= 0.6 is 0 Å². The number of rotatable bonds is 9. The maximum absolute atomic E-state index is 11.4. The van der Waals surface area contributed by atoms with Gasteiger partial charge in [-0.1, -0.05) is 13.8 Å². The van der Waals surface area contributed by atoms with Crippen LogP contribution in [-0.2, 0) is 14.8 Å². The van der Waals surface area contributed by atoms with Gasteiger partial charge < -0.3 is 10.1 Å². The molecule has 1 saturated heterocycles. The van der Waals surface area contributed by atoms with E-state index in [0.717, 1.165) is 45.8 Å². The van der Waals surface area contributed by atoms with E-state index in [9.17, 15) is 8.42 Å². The van der Waals surface area contributed by atoms with Gasteiger partial charge in [-0.3, -0.25) is 4.90 Å². The fourth-order valence-corrected chi connectivity index (χ4v) is 3.32. The molecule has 1 atom stereocenters. The summed E-state index contributed by atoms with van der Waals surface area (Å²) < 4.78 is 30.1. The monoisotopic (exact) mass is 307 g/mol. The molecule has 1 heterocycles. The highest BCUT2D eigenvalue weighted by Crippen LogP contribution is 2.03. The molecule has 1 aliphatic heterocycles. The van der Waals surface area contributed by atoms with E-state index in [2.05, 4.69) is 17.1 Å². The minimum absolute atomic E-state index is 0.251. The Bertz CT molecular complexity index is 362. The van der Waals surface area contributed by atoms with E-state index in [0.29, 0.717) is 13.1 Å². The van der Waals surface area contributed by atoms with Crippen LogP contribution < -0.4 is 5.32 Å². The van der Waals surface area contributed by atoms with Gasteiger partial charge in [-0.15, -0.1) is 0 Å². The van der Waals surface area contributed by atoms with Crippen LogP contribution in [0, 0.1) is 0 Å². The maximum atomic E-state index is 11.4. The van der Waals surface area contributed by atoms with Gasteiger partial charge >= 0.3 is 0 Å². The first-order valence-electron chi connectivity index (χ1n) is 7.47. The summed E-state index contributed by atoms with van der Waals surface area (Å²) in [4.78, 5) is 2.39. The standard InChI is InChI=1S/C13H29N3O3S/c1-4-15-9-10-19-13(12-15)11-14-7-6-8-16(5-2)20(3,17)18/h13-14H,4-12H2,1-3H3. The van der Waals surface area contributed by atoms with Crippen LogP contribution in [0.4, 0.5) is 0 Å². The van der Waals surface area contributed by atoms with Crippen molar-refractivity contribution in [1.82, 2.24) is 14.5 Å². The summed E-state index contributed by atoms with van der Waals surface area (Å²) in [5.41, 5.74) is 0. The molecule has 0 aromatic heterocycles. The zero-order valence-corrected chi connectivity index (χ0v) is 13.8. The van der Waals surface area contributed by atoms with Gasteiger partial charge in [-0.25, -0.2) is 12.7 Å². The fraction of sp³-hybridized carbons (Fsp3) is 1.00. The number of likely N-dealkylation sites (N-methyl/N-ethyl adjacent to an activating group) is 1. The molecule has 1 fully saturated rings. The molecule has 1 unspecified atom stereocenters. The summed E-state index contributed by atoms with van der Waals surface area (Å²) in [6, 6.07) is 0. The van der Waals surface area contributed by atoms with Crippen molar-refractivity contribution < 1.29 is 13.2 Å². The molecule has 0 amide bonds. The van der Waals surface area contributed by atoms with Gasteiger partial charge in [-0.2, -0.15) is 0 Å². The average molecular weight is 307 g/mol. The molecule has 120 valence electrons. The van der Waals surface area contributed by atoms with Gasteiger partial charge in [0.1, 0.15) is 0 Å². The highest BCUT2D eigenvalue weighted by molar-refractivity contribution is 7.88. The third kappa shape index (κ3) is 6.49. The Morgan fingerprint density at radius 3 is 2.75 bits per heavy atom. The molecular weight excluding hydrogens is 278 g/mol. The highest BCUT2D eigenvalue weighted by Gasteiger charge is 2.18. The Balaban J connectivity index is 2.13. The van der Waals surface area contributed by atoms with Crippen LogP contribution in [0.3, 0.4) is 0 Å². The molecule has 0 aromatic carbocycles. The fourth-order valence-electron chi connectivity index (χ4n) is 2.39. The van der Waals surface area contributed by atoms with E-state index in [1.165, 1.54) is 10.6 Å². The predicted octanol–water partition coefficient (Wildman–Crippen LogP) is -0.0317. The first kappa shape index (κ1) is 17.8. The van der Waals surface area contributed by atoms with Crippen molar-refractivity contribution in [2.75, 3.05) is 58.7 Å². The van der Waals surface area contributed by atoms with E-state index < -0.39 is 10.0 Å². The molecule has 0 spiro atoms. The normalized spacial score (nSPS) is 21.5. The van der Waals surface area contributed by atoms with Gasteiger partial charge in [0.2, 0.25) is 10.0 Å². The van der Waals surface area contributed by atoms with E-state index in [-0.39, 0.29) is 6.10 Å². The zero-order chi connectivity index (χ0) is 15.0. The Morgan fingerprint density at radius 2 is 2.15 bits per heavy atom. The molecule has 0 saturated carbocycles. The molecule has 6 nitrogen and oxygen atoms in total. The molecular formula is C13H29N3O3S. The first-order chi connectivity index (χ1) is 9.47. The molecule has 0 aliphatic carbocycles.